The highest BCUT2D eigenvalue weighted by Gasteiger charge is 2.33. The summed E-state index contributed by atoms with van der Waals surface area (Å²) in [5.41, 5.74) is -0.333. The molecule has 0 radical (unpaired) electrons. The Morgan fingerprint density at radius 1 is 1.43 bits per heavy atom. The minimum absolute atomic E-state index is 0.125. The van der Waals surface area contributed by atoms with Gasteiger partial charge in [0, 0.05) is 17.8 Å². The van der Waals surface area contributed by atoms with Crippen LogP contribution in [-0.4, -0.2) is 25.4 Å². The van der Waals surface area contributed by atoms with Crippen LogP contribution in [0.1, 0.15) is 25.8 Å². The summed E-state index contributed by atoms with van der Waals surface area (Å²) in [7, 11) is 0. The van der Waals surface area contributed by atoms with Gasteiger partial charge in [-0.1, -0.05) is 22.9 Å². The van der Waals surface area contributed by atoms with Gasteiger partial charge in [-0.2, -0.15) is 0 Å². The molecule has 0 heterocycles. The molecule has 1 rings (SSSR count). The molecule has 0 aromatic heterocycles. The summed E-state index contributed by atoms with van der Waals surface area (Å²) in [6.45, 7) is 1.22. The van der Waals surface area contributed by atoms with E-state index in [1.54, 1.807) is 0 Å². The fourth-order valence-corrected chi connectivity index (χ4v) is 1.94. The summed E-state index contributed by atoms with van der Waals surface area (Å²) in [5.74, 6) is -3.81. The van der Waals surface area contributed by atoms with Gasteiger partial charge < -0.3 is 9.47 Å². The Bertz CT molecular complexity index is 494. The Balaban J connectivity index is 2.98. The number of benzene rings is 1. The molecular formula is C14H16BrF3O3. The highest BCUT2D eigenvalue weighted by molar-refractivity contribution is 9.10. The summed E-state index contributed by atoms with van der Waals surface area (Å²) in [6, 6.07) is 4.09. The number of rotatable bonds is 7. The van der Waals surface area contributed by atoms with Crippen molar-refractivity contribution in [1.29, 1.82) is 0 Å². The average molecular weight is 369 g/mol. The van der Waals surface area contributed by atoms with Crippen molar-refractivity contribution in [2.75, 3.05) is 13.3 Å². The van der Waals surface area contributed by atoms with Gasteiger partial charge in [-0.05, 0) is 18.2 Å². The SMILES string of the molecule is CCC(F)(F)c1cc(Br)ccc1O[C@@H](CF)COC(C)=O. The first-order valence-electron chi connectivity index (χ1n) is 6.34. The fraction of sp³-hybridized carbons (Fsp3) is 0.500. The lowest BCUT2D eigenvalue weighted by molar-refractivity contribution is -0.143. The Labute approximate surface area is 129 Å². The molecule has 0 aliphatic rings. The largest absolute Gasteiger partial charge is 0.484 e. The molecule has 1 aromatic rings. The van der Waals surface area contributed by atoms with Crippen molar-refractivity contribution in [2.45, 2.75) is 32.3 Å². The molecule has 0 saturated carbocycles. The maximum atomic E-state index is 13.9. The molecule has 0 spiro atoms. The van der Waals surface area contributed by atoms with Crippen molar-refractivity contribution in [3.63, 3.8) is 0 Å². The lowest BCUT2D eigenvalue weighted by Crippen LogP contribution is -2.27. The third kappa shape index (κ3) is 5.22. The van der Waals surface area contributed by atoms with Crippen LogP contribution in [0.15, 0.2) is 22.7 Å². The number of hydrogen-bond donors (Lipinski definition) is 0. The van der Waals surface area contributed by atoms with Crippen molar-refractivity contribution in [1.82, 2.24) is 0 Å². The van der Waals surface area contributed by atoms with Crippen LogP contribution in [0.25, 0.3) is 0 Å². The zero-order valence-corrected chi connectivity index (χ0v) is 13.3. The summed E-state index contributed by atoms with van der Waals surface area (Å²) in [6.07, 6.45) is -1.54. The van der Waals surface area contributed by atoms with E-state index in [1.165, 1.54) is 32.0 Å². The molecule has 0 unspecified atom stereocenters. The van der Waals surface area contributed by atoms with Gasteiger partial charge in [-0.3, -0.25) is 4.79 Å². The molecule has 0 bridgehead atoms. The maximum Gasteiger partial charge on any atom is 0.302 e. The normalized spacial score (nSPS) is 12.9. The number of hydrogen-bond acceptors (Lipinski definition) is 3. The van der Waals surface area contributed by atoms with Crippen molar-refractivity contribution < 1.29 is 27.4 Å². The third-order valence-electron chi connectivity index (χ3n) is 2.72. The van der Waals surface area contributed by atoms with Crippen LogP contribution in [0, 0.1) is 0 Å². The average Bonchev–Trinajstić information content (AvgIpc) is 2.44. The first kappa shape index (κ1) is 17.8. The van der Waals surface area contributed by atoms with Crippen molar-refractivity contribution in [3.8, 4) is 5.75 Å². The molecule has 0 saturated heterocycles. The summed E-state index contributed by atoms with van der Waals surface area (Å²) < 4.78 is 51.0. The zero-order valence-electron chi connectivity index (χ0n) is 11.7. The van der Waals surface area contributed by atoms with E-state index in [1.807, 2.05) is 0 Å². The van der Waals surface area contributed by atoms with Crippen LogP contribution in [0.4, 0.5) is 13.2 Å². The molecule has 1 atom stereocenters. The van der Waals surface area contributed by atoms with Crippen LogP contribution in [0.2, 0.25) is 0 Å². The molecule has 0 fully saturated rings. The summed E-state index contributed by atoms with van der Waals surface area (Å²) in [4.78, 5) is 10.7. The second kappa shape index (κ2) is 7.68. The molecule has 0 aliphatic carbocycles. The quantitative estimate of drug-likeness (QED) is 0.675. The Morgan fingerprint density at radius 3 is 2.62 bits per heavy atom. The Hall–Kier alpha value is -1.24. The standard InChI is InChI=1S/C14H16BrF3O3/c1-3-14(17,18)12-6-10(15)4-5-13(12)21-11(7-16)8-20-9(2)19/h4-6,11H,3,7-8H2,1-2H3/t11-/m0/s1. The van der Waals surface area contributed by atoms with Crippen LogP contribution >= 0.6 is 15.9 Å². The maximum absolute atomic E-state index is 13.9. The van der Waals surface area contributed by atoms with Gasteiger partial charge >= 0.3 is 5.97 Å². The molecule has 118 valence electrons. The van der Waals surface area contributed by atoms with E-state index in [9.17, 15) is 18.0 Å². The second-order valence-electron chi connectivity index (χ2n) is 4.40. The highest BCUT2D eigenvalue weighted by Crippen LogP contribution is 2.39. The van der Waals surface area contributed by atoms with E-state index >= 15 is 0 Å². The van der Waals surface area contributed by atoms with E-state index in [-0.39, 0.29) is 17.9 Å². The van der Waals surface area contributed by atoms with Crippen LogP contribution in [0.3, 0.4) is 0 Å². The first-order chi connectivity index (χ1) is 9.80. The van der Waals surface area contributed by atoms with E-state index in [4.69, 9.17) is 4.74 Å². The zero-order chi connectivity index (χ0) is 16.0. The third-order valence-corrected chi connectivity index (χ3v) is 3.21. The number of carbonyl (C=O) groups is 1. The minimum Gasteiger partial charge on any atom is -0.484 e. The molecule has 1 aromatic carbocycles. The molecular weight excluding hydrogens is 353 g/mol. The van der Waals surface area contributed by atoms with Crippen LogP contribution < -0.4 is 4.74 Å². The van der Waals surface area contributed by atoms with E-state index in [0.717, 1.165) is 0 Å². The molecule has 0 N–H and O–H groups in total. The van der Waals surface area contributed by atoms with Crippen molar-refractivity contribution in [3.05, 3.63) is 28.2 Å². The van der Waals surface area contributed by atoms with Gasteiger partial charge in [0.25, 0.3) is 5.92 Å². The van der Waals surface area contributed by atoms with Crippen molar-refractivity contribution in [2.24, 2.45) is 0 Å². The highest BCUT2D eigenvalue weighted by atomic mass is 79.9. The molecule has 0 amide bonds. The van der Waals surface area contributed by atoms with Gasteiger partial charge in [-0.25, -0.2) is 13.2 Å². The van der Waals surface area contributed by atoms with E-state index in [2.05, 4.69) is 20.7 Å². The number of esters is 1. The molecule has 21 heavy (non-hydrogen) atoms. The van der Waals surface area contributed by atoms with Gasteiger partial charge in [0.15, 0.2) is 6.10 Å². The predicted molar refractivity (Wildman–Crippen MR) is 75.4 cm³/mol. The first-order valence-corrected chi connectivity index (χ1v) is 7.13. The number of ether oxygens (including phenoxy) is 2. The van der Waals surface area contributed by atoms with E-state index < -0.39 is 31.1 Å². The van der Waals surface area contributed by atoms with Gasteiger partial charge in [0.2, 0.25) is 0 Å². The van der Waals surface area contributed by atoms with Crippen LogP contribution in [-0.2, 0) is 15.5 Å². The number of halogens is 4. The van der Waals surface area contributed by atoms with Gasteiger partial charge in [0.05, 0.1) is 5.56 Å². The van der Waals surface area contributed by atoms with E-state index in [0.29, 0.717) is 4.47 Å². The second-order valence-corrected chi connectivity index (χ2v) is 5.31. The number of alkyl halides is 3. The Morgan fingerprint density at radius 2 is 2.10 bits per heavy atom. The van der Waals surface area contributed by atoms with Gasteiger partial charge in [-0.15, -0.1) is 0 Å². The van der Waals surface area contributed by atoms with Gasteiger partial charge in [0.1, 0.15) is 19.0 Å². The smallest absolute Gasteiger partial charge is 0.302 e. The van der Waals surface area contributed by atoms with Crippen molar-refractivity contribution >= 4 is 21.9 Å². The fourth-order valence-electron chi connectivity index (χ4n) is 1.58. The van der Waals surface area contributed by atoms with Crippen LogP contribution in [0.5, 0.6) is 5.75 Å². The topological polar surface area (TPSA) is 35.5 Å². The lowest BCUT2D eigenvalue weighted by Gasteiger charge is -2.22. The summed E-state index contributed by atoms with van der Waals surface area (Å²) in [5, 5.41) is 0. The minimum atomic E-state index is -3.10. The molecule has 7 heteroatoms. The monoisotopic (exact) mass is 368 g/mol. The predicted octanol–water partition coefficient (Wildman–Crippen LogP) is 4.23. The molecule has 3 nitrogen and oxygen atoms in total. The number of carbonyl (C=O) groups excluding carboxylic acids is 1. The Kier molecular flexibility index (Phi) is 6.51. The lowest BCUT2D eigenvalue weighted by atomic mass is 10.1. The molecule has 0 aliphatic heterocycles. The summed E-state index contributed by atoms with van der Waals surface area (Å²) >= 11 is 3.12.